The van der Waals surface area contributed by atoms with Gasteiger partial charge in [0.1, 0.15) is 0 Å². The maximum Gasteiger partial charge on any atom is 0.275 e. The van der Waals surface area contributed by atoms with Gasteiger partial charge >= 0.3 is 0 Å². The summed E-state index contributed by atoms with van der Waals surface area (Å²) < 4.78 is 0. The van der Waals surface area contributed by atoms with Gasteiger partial charge in [-0.15, -0.1) is 0 Å². The number of carbonyl (C=O) groups is 1. The molecule has 0 aliphatic carbocycles. The van der Waals surface area contributed by atoms with Gasteiger partial charge in [0, 0.05) is 32.1 Å². The first-order valence-corrected chi connectivity index (χ1v) is 7.18. The second-order valence-electron chi connectivity index (χ2n) is 5.12. The van der Waals surface area contributed by atoms with Gasteiger partial charge in [0.15, 0.2) is 0 Å². The number of nitro benzene ring substituents is 1. The average molecular weight is 314 g/mol. The van der Waals surface area contributed by atoms with E-state index >= 15 is 0 Å². The number of amides is 1. The molecule has 1 aromatic rings. The fraction of sp³-hybridized carbons (Fsp3) is 0.500. The van der Waals surface area contributed by atoms with Crippen LogP contribution in [-0.2, 0) is 11.3 Å². The molecule has 0 unspecified atom stereocenters. The highest BCUT2D eigenvalue weighted by atomic mass is 35.5. The summed E-state index contributed by atoms with van der Waals surface area (Å²) in [7, 11) is 0. The zero-order chi connectivity index (χ0) is 15.8. The summed E-state index contributed by atoms with van der Waals surface area (Å²) in [6.45, 7) is 5.39. The van der Waals surface area contributed by atoms with E-state index in [0.717, 1.165) is 0 Å². The lowest BCUT2D eigenvalue weighted by molar-refractivity contribution is -0.385. The molecule has 7 heteroatoms. The minimum absolute atomic E-state index is 0.0146. The Morgan fingerprint density at radius 1 is 1.43 bits per heavy atom. The Morgan fingerprint density at radius 3 is 2.76 bits per heavy atom. The van der Waals surface area contributed by atoms with Gasteiger partial charge in [-0.3, -0.25) is 14.9 Å². The maximum absolute atomic E-state index is 11.5. The van der Waals surface area contributed by atoms with Gasteiger partial charge in [0.25, 0.3) is 5.69 Å². The molecule has 0 spiro atoms. The van der Waals surface area contributed by atoms with E-state index in [4.69, 9.17) is 11.6 Å². The van der Waals surface area contributed by atoms with Crippen LogP contribution in [0.4, 0.5) is 5.69 Å². The third kappa shape index (κ3) is 6.10. The maximum atomic E-state index is 11.5. The molecular weight excluding hydrogens is 294 g/mol. The van der Waals surface area contributed by atoms with Crippen LogP contribution in [0, 0.1) is 16.0 Å². The van der Waals surface area contributed by atoms with E-state index in [0.29, 0.717) is 36.0 Å². The number of carbonyl (C=O) groups excluding carboxylic acids is 1. The minimum Gasteiger partial charge on any atom is -0.356 e. The summed E-state index contributed by atoms with van der Waals surface area (Å²) in [5.41, 5.74) is 0.422. The van der Waals surface area contributed by atoms with Crippen LogP contribution in [0.5, 0.6) is 0 Å². The molecule has 0 atom stereocenters. The van der Waals surface area contributed by atoms with Crippen LogP contribution in [0.3, 0.4) is 0 Å². The van der Waals surface area contributed by atoms with Crippen LogP contribution < -0.4 is 10.6 Å². The fourth-order valence-electron chi connectivity index (χ4n) is 1.71. The number of nitro groups is 1. The second-order valence-corrected chi connectivity index (χ2v) is 5.53. The molecule has 0 heterocycles. The number of nitrogens with one attached hydrogen (secondary N) is 2. The van der Waals surface area contributed by atoms with E-state index < -0.39 is 4.92 Å². The largest absolute Gasteiger partial charge is 0.356 e. The van der Waals surface area contributed by atoms with Gasteiger partial charge in [-0.2, -0.15) is 0 Å². The van der Waals surface area contributed by atoms with E-state index in [9.17, 15) is 14.9 Å². The number of halogens is 1. The Labute approximate surface area is 129 Å². The van der Waals surface area contributed by atoms with Crippen LogP contribution in [0.2, 0.25) is 5.02 Å². The van der Waals surface area contributed by atoms with Crippen molar-refractivity contribution in [2.45, 2.75) is 26.8 Å². The molecule has 0 saturated heterocycles. The van der Waals surface area contributed by atoms with Crippen molar-refractivity contribution in [3.63, 3.8) is 0 Å². The van der Waals surface area contributed by atoms with Crippen LogP contribution in [0.1, 0.15) is 25.8 Å². The highest BCUT2D eigenvalue weighted by Crippen LogP contribution is 2.25. The molecule has 0 saturated carbocycles. The molecule has 0 aliphatic rings. The lowest BCUT2D eigenvalue weighted by Gasteiger charge is -2.09. The lowest BCUT2D eigenvalue weighted by atomic mass is 10.1. The van der Waals surface area contributed by atoms with Gasteiger partial charge in [0.2, 0.25) is 5.91 Å². The van der Waals surface area contributed by atoms with E-state index in [-0.39, 0.29) is 18.1 Å². The molecule has 2 N–H and O–H groups in total. The normalized spacial score (nSPS) is 10.7. The van der Waals surface area contributed by atoms with Crippen LogP contribution >= 0.6 is 11.6 Å². The summed E-state index contributed by atoms with van der Waals surface area (Å²) in [4.78, 5) is 22.0. The second kappa shape index (κ2) is 8.59. The van der Waals surface area contributed by atoms with Crippen molar-refractivity contribution >= 4 is 23.2 Å². The number of hydrogen-bond donors (Lipinski definition) is 2. The quantitative estimate of drug-likeness (QED) is 0.439. The zero-order valence-electron chi connectivity index (χ0n) is 12.2. The first-order chi connectivity index (χ1) is 9.91. The Morgan fingerprint density at radius 2 is 2.14 bits per heavy atom. The summed E-state index contributed by atoms with van der Waals surface area (Å²) in [6, 6.07) is 4.57. The van der Waals surface area contributed by atoms with Gasteiger partial charge in [-0.25, -0.2) is 0 Å². The van der Waals surface area contributed by atoms with Gasteiger partial charge in [-0.05, 0) is 12.0 Å². The van der Waals surface area contributed by atoms with E-state index in [1.165, 1.54) is 6.07 Å². The third-order valence-electron chi connectivity index (χ3n) is 2.83. The molecular formula is C14H20ClN3O3. The van der Waals surface area contributed by atoms with Crippen molar-refractivity contribution in [1.29, 1.82) is 0 Å². The summed E-state index contributed by atoms with van der Waals surface area (Å²) in [5, 5.41) is 17.1. The van der Waals surface area contributed by atoms with E-state index in [1.807, 2.05) is 13.8 Å². The number of hydrogen-bond acceptors (Lipinski definition) is 4. The molecule has 0 bridgehead atoms. The summed E-state index contributed by atoms with van der Waals surface area (Å²) in [6.07, 6.45) is 0.324. The molecule has 0 fully saturated rings. The molecule has 1 rings (SSSR count). The van der Waals surface area contributed by atoms with Crippen LogP contribution in [0.15, 0.2) is 18.2 Å². The summed E-state index contributed by atoms with van der Waals surface area (Å²) >= 11 is 5.98. The van der Waals surface area contributed by atoms with Gasteiger partial charge in [0.05, 0.1) is 15.5 Å². The molecule has 21 heavy (non-hydrogen) atoms. The van der Waals surface area contributed by atoms with Crippen LogP contribution in [-0.4, -0.2) is 23.9 Å². The monoisotopic (exact) mass is 313 g/mol. The smallest absolute Gasteiger partial charge is 0.275 e. The lowest BCUT2D eigenvalue weighted by Crippen LogP contribution is -2.30. The van der Waals surface area contributed by atoms with E-state index in [2.05, 4.69) is 10.6 Å². The van der Waals surface area contributed by atoms with Crippen LogP contribution in [0.25, 0.3) is 0 Å². The minimum atomic E-state index is -0.460. The average Bonchev–Trinajstić information content (AvgIpc) is 2.42. The predicted molar refractivity (Wildman–Crippen MR) is 82.3 cm³/mol. The molecule has 1 aromatic carbocycles. The molecule has 6 nitrogen and oxygen atoms in total. The van der Waals surface area contributed by atoms with Crippen molar-refractivity contribution in [3.05, 3.63) is 38.9 Å². The van der Waals surface area contributed by atoms with Crippen molar-refractivity contribution in [2.24, 2.45) is 5.92 Å². The highest BCUT2D eigenvalue weighted by molar-refractivity contribution is 6.31. The standard InChI is InChI=1S/C14H20ClN3O3/c1-10(2)8-17-14(19)6-7-16-9-11-12(15)4-3-5-13(11)18(20)21/h3-5,10,16H,6-9H2,1-2H3,(H,17,19). The Bertz CT molecular complexity index is 506. The fourth-order valence-corrected chi connectivity index (χ4v) is 1.95. The van der Waals surface area contributed by atoms with Gasteiger partial charge in [-0.1, -0.05) is 31.5 Å². The Hall–Kier alpha value is -1.66. The topological polar surface area (TPSA) is 84.3 Å². The number of nitrogens with zero attached hydrogens (tertiary/aromatic N) is 1. The zero-order valence-corrected chi connectivity index (χ0v) is 12.9. The molecule has 116 valence electrons. The summed E-state index contributed by atoms with van der Waals surface area (Å²) in [5.74, 6) is 0.373. The van der Waals surface area contributed by atoms with Crippen molar-refractivity contribution in [3.8, 4) is 0 Å². The SMILES string of the molecule is CC(C)CNC(=O)CCNCc1c(Cl)cccc1[N+](=O)[O-]. The third-order valence-corrected chi connectivity index (χ3v) is 3.18. The molecule has 0 radical (unpaired) electrons. The van der Waals surface area contributed by atoms with Crippen molar-refractivity contribution in [2.75, 3.05) is 13.1 Å². The molecule has 0 aliphatic heterocycles. The Balaban J connectivity index is 2.43. The first kappa shape index (κ1) is 17.4. The number of benzene rings is 1. The molecule has 1 amide bonds. The highest BCUT2D eigenvalue weighted by Gasteiger charge is 2.15. The molecule has 0 aromatic heterocycles. The Kier molecular flexibility index (Phi) is 7.11. The predicted octanol–water partition coefficient (Wildman–Crippen LogP) is 2.50. The number of rotatable bonds is 8. The van der Waals surface area contributed by atoms with Crippen molar-refractivity contribution < 1.29 is 9.72 Å². The van der Waals surface area contributed by atoms with E-state index in [1.54, 1.807) is 12.1 Å². The first-order valence-electron chi connectivity index (χ1n) is 6.81. The van der Waals surface area contributed by atoms with Crippen molar-refractivity contribution in [1.82, 2.24) is 10.6 Å². The van der Waals surface area contributed by atoms with Gasteiger partial charge < -0.3 is 10.6 Å².